The number of hydrogen-bond donors (Lipinski definition) is 0. The summed E-state index contributed by atoms with van der Waals surface area (Å²) in [6.07, 6.45) is 1.82. The molecule has 10 rings (SSSR count). The molecule has 0 bridgehead atoms. The van der Waals surface area contributed by atoms with Crippen molar-refractivity contribution >= 4 is 71.7 Å². The van der Waals surface area contributed by atoms with Crippen LogP contribution in [0.25, 0.3) is 71.5 Å². The molecule has 0 N–H and O–H groups in total. The van der Waals surface area contributed by atoms with Gasteiger partial charge in [0.1, 0.15) is 11.1 Å². The zero-order valence-electron chi connectivity index (χ0n) is 26.5. The van der Waals surface area contributed by atoms with Gasteiger partial charge in [-0.2, -0.15) is 0 Å². The number of furan rings is 1. The van der Waals surface area contributed by atoms with E-state index in [1.54, 1.807) is 0 Å². The zero-order chi connectivity index (χ0) is 32.3. The van der Waals surface area contributed by atoms with Crippen LogP contribution < -0.4 is 4.90 Å². The Labute approximate surface area is 282 Å². The molecule has 7 aromatic carbocycles. The van der Waals surface area contributed by atoms with Gasteiger partial charge in [-0.3, -0.25) is 4.98 Å². The summed E-state index contributed by atoms with van der Waals surface area (Å²) in [5.74, 6) is 0. The van der Waals surface area contributed by atoms with Crippen molar-refractivity contribution < 1.29 is 4.42 Å². The van der Waals surface area contributed by atoms with Crippen molar-refractivity contribution in [2.75, 3.05) is 4.90 Å². The van der Waals surface area contributed by atoms with Crippen molar-refractivity contribution in [3.05, 3.63) is 176 Å². The van der Waals surface area contributed by atoms with Gasteiger partial charge in [0.15, 0.2) is 5.58 Å². The molecule has 10 aromatic rings. The lowest BCUT2D eigenvalue weighted by Gasteiger charge is -2.26. The van der Waals surface area contributed by atoms with E-state index in [-0.39, 0.29) is 0 Å². The third-order valence-electron chi connectivity index (χ3n) is 9.59. The molecule has 230 valence electrons. The molecule has 0 aliphatic heterocycles. The van der Waals surface area contributed by atoms with Crippen LogP contribution in [0.4, 0.5) is 17.1 Å². The fraction of sp³-hybridized carbons (Fsp3) is 0. The lowest BCUT2D eigenvalue weighted by Crippen LogP contribution is -2.10. The highest BCUT2D eigenvalue weighted by atomic mass is 16.3. The summed E-state index contributed by atoms with van der Waals surface area (Å²) < 4.78 is 8.54. The van der Waals surface area contributed by atoms with E-state index < -0.39 is 0 Å². The van der Waals surface area contributed by atoms with E-state index >= 15 is 0 Å². The smallest absolute Gasteiger partial charge is 0.153 e. The van der Waals surface area contributed by atoms with Crippen LogP contribution in [0.1, 0.15) is 0 Å². The fourth-order valence-corrected chi connectivity index (χ4v) is 7.40. The summed E-state index contributed by atoms with van der Waals surface area (Å²) >= 11 is 0. The Morgan fingerprint density at radius 2 is 1.20 bits per heavy atom. The molecule has 0 saturated heterocycles. The number of hydrogen-bond acceptors (Lipinski definition) is 3. The highest BCUT2D eigenvalue weighted by Gasteiger charge is 2.18. The van der Waals surface area contributed by atoms with Crippen LogP contribution in [-0.4, -0.2) is 9.55 Å². The second-order valence-electron chi connectivity index (χ2n) is 12.4. The Morgan fingerprint density at radius 1 is 0.490 bits per heavy atom. The third-order valence-corrected chi connectivity index (χ3v) is 9.59. The molecule has 0 saturated carbocycles. The minimum absolute atomic E-state index is 0.799. The fourth-order valence-electron chi connectivity index (χ4n) is 7.40. The van der Waals surface area contributed by atoms with Gasteiger partial charge in [-0.15, -0.1) is 0 Å². The maximum atomic E-state index is 6.14. The van der Waals surface area contributed by atoms with E-state index in [2.05, 4.69) is 160 Å². The van der Waals surface area contributed by atoms with Crippen LogP contribution in [0.2, 0.25) is 0 Å². The number of rotatable bonds is 5. The number of nitrogens with zero attached hydrogens (tertiary/aromatic N) is 3. The average Bonchev–Trinajstić information content (AvgIpc) is 3.70. The molecular weight excluding hydrogens is 599 g/mol. The normalized spacial score (nSPS) is 11.7. The van der Waals surface area contributed by atoms with Gasteiger partial charge in [0.2, 0.25) is 0 Å². The van der Waals surface area contributed by atoms with Gasteiger partial charge in [-0.25, -0.2) is 0 Å². The average molecular weight is 628 g/mol. The van der Waals surface area contributed by atoms with Gasteiger partial charge >= 0.3 is 0 Å². The number of pyridine rings is 1. The highest BCUT2D eigenvalue weighted by molar-refractivity contribution is 6.14. The summed E-state index contributed by atoms with van der Waals surface area (Å²) in [6.45, 7) is 0. The van der Waals surface area contributed by atoms with Crippen molar-refractivity contribution in [1.82, 2.24) is 9.55 Å². The monoisotopic (exact) mass is 627 g/mol. The first-order valence-electron chi connectivity index (χ1n) is 16.5. The van der Waals surface area contributed by atoms with Gasteiger partial charge in [-0.1, -0.05) is 91.0 Å². The van der Waals surface area contributed by atoms with Crippen LogP contribution in [0.15, 0.2) is 180 Å². The molecule has 0 unspecified atom stereocenters. The summed E-state index contributed by atoms with van der Waals surface area (Å²) in [7, 11) is 0. The SMILES string of the molecule is c1ccc(N(c2ccc(-c3cccc4oc5cccnc5c34)cc2)c2cccc(-n3c4ccccc4c4cc5ccccc5cc43)c2)cc1. The second-order valence-corrected chi connectivity index (χ2v) is 12.4. The molecule has 4 nitrogen and oxygen atoms in total. The van der Waals surface area contributed by atoms with Crippen LogP contribution in [0.5, 0.6) is 0 Å². The summed E-state index contributed by atoms with van der Waals surface area (Å²) in [5, 5.41) is 6.03. The summed E-state index contributed by atoms with van der Waals surface area (Å²) in [6, 6.07) is 60.3. The molecular formula is C45H29N3O. The summed E-state index contributed by atoms with van der Waals surface area (Å²) in [4.78, 5) is 6.98. The first-order chi connectivity index (χ1) is 24.3. The van der Waals surface area contributed by atoms with E-state index in [1.807, 2.05) is 30.5 Å². The topological polar surface area (TPSA) is 34.2 Å². The molecule has 4 heteroatoms. The van der Waals surface area contributed by atoms with E-state index in [0.29, 0.717) is 0 Å². The lowest BCUT2D eigenvalue weighted by atomic mass is 10.0. The Morgan fingerprint density at radius 3 is 2.08 bits per heavy atom. The summed E-state index contributed by atoms with van der Waals surface area (Å²) in [5.41, 5.74) is 11.5. The molecule has 0 fully saturated rings. The van der Waals surface area contributed by atoms with Crippen LogP contribution in [0, 0.1) is 0 Å². The lowest BCUT2D eigenvalue weighted by molar-refractivity contribution is 0.668. The Balaban J connectivity index is 1.12. The molecule has 0 radical (unpaired) electrons. The van der Waals surface area contributed by atoms with Gasteiger partial charge in [-0.05, 0) is 101 Å². The van der Waals surface area contributed by atoms with Gasteiger partial charge in [0.05, 0.1) is 16.4 Å². The molecule has 3 aromatic heterocycles. The second kappa shape index (κ2) is 11.0. The Hall–Kier alpha value is -6.65. The maximum absolute atomic E-state index is 6.14. The van der Waals surface area contributed by atoms with Gasteiger partial charge in [0.25, 0.3) is 0 Å². The predicted octanol–water partition coefficient (Wildman–Crippen LogP) is 12.4. The minimum atomic E-state index is 0.799. The molecule has 0 aliphatic rings. The highest BCUT2D eigenvalue weighted by Crippen LogP contribution is 2.41. The zero-order valence-corrected chi connectivity index (χ0v) is 26.5. The number of para-hydroxylation sites is 2. The molecule has 0 spiro atoms. The largest absolute Gasteiger partial charge is 0.454 e. The first kappa shape index (κ1) is 27.5. The quantitative estimate of drug-likeness (QED) is 0.190. The Bertz CT molecular complexity index is 2830. The number of anilines is 3. The van der Waals surface area contributed by atoms with Crippen LogP contribution >= 0.6 is 0 Å². The minimum Gasteiger partial charge on any atom is -0.454 e. The van der Waals surface area contributed by atoms with E-state index in [0.717, 1.165) is 55.9 Å². The van der Waals surface area contributed by atoms with E-state index in [9.17, 15) is 0 Å². The first-order valence-corrected chi connectivity index (χ1v) is 16.5. The van der Waals surface area contributed by atoms with Crippen LogP contribution in [0.3, 0.4) is 0 Å². The van der Waals surface area contributed by atoms with E-state index in [4.69, 9.17) is 4.42 Å². The number of fused-ring (bicyclic) bond motifs is 7. The van der Waals surface area contributed by atoms with Crippen molar-refractivity contribution in [3.63, 3.8) is 0 Å². The van der Waals surface area contributed by atoms with Crippen molar-refractivity contribution in [3.8, 4) is 16.8 Å². The predicted molar refractivity (Wildman–Crippen MR) is 203 cm³/mol. The van der Waals surface area contributed by atoms with E-state index in [1.165, 1.54) is 32.6 Å². The van der Waals surface area contributed by atoms with Crippen molar-refractivity contribution in [2.45, 2.75) is 0 Å². The van der Waals surface area contributed by atoms with Crippen molar-refractivity contribution in [2.24, 2.45) is 0 Å². The van der Waals surface area contributed by atoms with Gasteiger partial charge in [0, 0.05) is 39.7 Å². The Kier molecular flexibility index (Phi) is 6.15. The number of aromatic nitrogens is 2. The molecule has 0 amide bonds. The molecule has 49 heavy (non-hydrogen) atoms. The standard InChI is InChI=1S/C45H29N3O/c1-2-13-33(14-3-1)47(34-24-22-30(23-25-34)37-18-9-20-42-44(37)45-43(49-42)21-10-26-46-45)35-15-8-16-36(29-35)48-40-19-7-6-17-38(40)39-27-31-11-4-5-12-32(31)28-41(39)48/h1-29H. The maximum Gasteiger partial charge on any atom is 0.153 e. The van der Waals surface area contributed by atoms with Gasteiger partial charge < -0.3 is 13.9 Å². The number of benzene rings is 7. The van der Waals surface area contributed by atoms with Crippen LogP contribution in [-0.2, 0) is 0 Å². The van der Waals surface area contributed by atoms with Crippen molar-refractivity contribution in [1.29, 1.82) is 0 Å². The third kappa shape index (κ3) is 4.42. The molecule has 0 atom stereocenters. The molecule has 0 aliphatic carbocycles. The molecule has 3 heterocycles.